The van der Waals surface area contributed by atoms with Crippen molar-refractivity contribution >= 4 is 46.3 Å². The fourth-order valence-electron chi connectivity index (χ4n) is 6.92. The number of hydrogen-bond donors (Lipinski definition) is 7. The summed E-state index contributed by atoms with van der Waals surface area (Å²) < 4.78 is 5.28. The first kappa shape index (κ1) is 43.7. The lowest BCUT2D eigenvalue weighted by Gasteiger charge is -2.32. The van der Waals surface area contributed by atoms with Crippen LogP contribution in [0.4, 0.5) is 0 Å². The molecule has 314 valence electrons. The summed E-state index contributed by atoms with van der Waals surface area (Å²) >= 11 is 0. The van der Waals surface area contributed by atoms with Gasteiger partial charge in [0, 0.05) is 48.7 Å². The largest absolute Gasteiger partial charge is 0.497 e. The number of H-pyrrole nitrogens is 2. The number of carbonyl (C=O) groups is 6. The Hall–Kier alpha value is -6.45. The molecule has 16 nitrogen and oxygen atoms in total. The maximum atomic E-state index is 14.4. The highest BCUT2D eigenvalue weighted by Crippen LogP contribution is 2.20. The molecular formula is C43H54N8O8. The zero-order valence-corrected chi connectivity index (χ0v) is 34.2. The summed E-state index contributed by atoms with van der Waals surface area (Å²) in [5.74, 6) is -3.79. The quantitative estimate of drug-likeness (QED) is 0.132. The second kappa shape index (κ2) is 19.8. The van der Waals surface area contributed by atoms with Crippen LogP contribution in [0.2, 0.25) is 0 Å². The van der Waals surface area contributed by atoms with Crippen LogP contribution in [0.3, 0.4) is 0 Å². The summed E-state index contributed by atoms with van der Waals surface area (Å²) in [5.41, 5.74) is 1.32. The molecule has 0 aliphatic carbocycles. The number of carbonyl (C=O) groups excluding carboxylic acids is 6. The summed E-state index contributed by atoms with van der Waals surface area (Å²) in [5, 5.41) is 14.9. The van der Waals surface area contributed by atoms with Crippen molar-refractivity contribution in [1.82, 2.24) is 41.5 Å². The van der Waals surface area contributed by atoms with Crippen molar-refractivity contribution in [3.8, 4) is 5.75 Å². The Bertz CT molecular complexity index is 2200. The number of aromatic amines is 2. The van der Waals surface area contributed by atoms with E-state index in [-0.39, 0.29) is 43.2 Å². The average Bonchev–Trinajstić information content (AvgIpc) is 3.61. The molecule has 2 aromatic carbocycles. The number of nitrogens with zero attached hydrogens (tertiary/aromatic N) is 1. The van der Waals surface area contributed by atoms with E-state index < -0.39 is 77.8 Å². The number of para-hydroxylation sites is 1. The third-order valence-electron chi connectivity index (χ3n) is 10.3. The highest BCUT2D eigenvalue weighted by Gasteiger charge is 2.34. The molecule has 1 saturated heterocycles. The number of fused-ring (bicyclic) bond motifs is 1. The van der Waals surface area contributed by atoms with Gasteiger partial charge in [0.05, 0.1) is 13.7 Å². The summed E-state index contributed by atoms with van der Waals surface area (Å²) in [4.78, 5) is 104. The van der Waals surface area contributed by atoms with Crippen LogP contribution in [0.1, 0.15) is 62.5 Å². The second-order valence-corrected chi connectivity index (χ2v) is 15.7. The Morgan fingerprint density at radius 3 is 2.08 bits per heavy atom. The van der Waals surface area contributed by atoms with E-state index >= 15 is 0 Å². The van der Waals surface area contributed by atoms with Gasteiger partial charge in [-0.05, 0) is 66.6 Å². The van der Waals surface area contributed by atoms with Crippen molar-refractivity contribution in [2.45, 2.75) is 84.1 Å². The molecule has 0 spiro atoms. The topological polar surface area (TPSA) is 224 Å². The standard InChI is InChI=1S/C43H54N8O8/c1-24(2)18-33-41(56)49-34(19-27-13-15-29(59-6)16-14-27)40(55)46-26(5)38(53)50-36(25(3)4)22-51(43(58)31-11-9-17-44-39(31)54)23-37(52)47-35(42(57)48-33)20-28-21-45-32-12-8-7-10-30(28)32/h7-17,21,24-26,33-36,45H,18-20,22-23H2,1-6H3,(H,44,54)(H,46,55)(H,47,52)(H,48,57)(H,49,56)(H,50,53)/t26-,33+,34+,35-,36-/m1/s1. The van der Waals surface area contributed by atoms with Crippen molar-refractivity contribution in [3.05, 3.63) is 100 Å². The molecule has 0 saturated carbocycles. The molecule has 0 bridgehead atoms. The number of hydrogen-bond acceptors (Lipinski definition) is 8. The number of rotatable bonds is 9. The molecule has 1 fully saturated rings. The Labute approximate surface area is 342 Å². The zero-order valence-electron chi connectivity index (χ0n) is 34.2. The molecular weight excluding hydrogens is 757 g/mol. The Kier molecular flexibility index (Phi) is 14.7. The molecule has 0 radical (unpaired) electrons. The highest BCUT2D eigenvalue weighted by molar-refractivity contribution is 5.98. The molecule has 3 heterocycles. The smallest absolute Gasteiger partial charge is 0.260 e. The van der Waals surface area contributed by atoms with Crippen molar-refractivity contribution in [2.24, 2.45) is 11.8 Å². The number of ether oxygens (including phenoxy) is 1. The van der Waals surface area contributed by atoms with Gasteiger partial charge in [-0.2, -0.15) is 0 Å². The average molecular weight is 811 g/mol. The van der Waals surface area contributed by atoms with E-state index in [0.717, 1.165) is 15.8 Å². The van der Waals surface area contributed by atoms with Gasteiger partial charge in [0.25, 0.3) is 11.5 Å². The minimum Gasteiger partial charge on any atom is -0.497 e. The van der Waals surface area contributed by atoms with E-state index in [4.69, 9.17) is 4.74 Å². The summed E-state index contributed by atoms with van der Waals surface area (Å²) in [6.45, 7) is 8.10. The van der Waals surface area contributed by atoms with E-state index in [0.29, 0.717) is 16.9 Å². The first-order valence-electron chi connectivity index (χ1n) is 19.8. The number of nitrogens with one attached hydrogen (secondary N) is 7. The summed E-state index contributed by atoms with van der Waals surface area (Å²) in [6.07, 6.45) is 3.35. The van der Waals surface area contributed by atoms with Crippen molar-refractivity contribution in [2.75, 3.05) is 20.2 Å². The van der Waals surface area contributed by atoms with Gasteiger partial charge in [-0.3, -0.25) is 33.6 Å². The fourth-order valence-corrected chi connectivity index (χ4v) is 6.92. The van der Waals surface area contributed by atoms with Crippen LogP contribution in [0.25, 0.3) is 10.9 Å². The maximum Gasteiger partial charge on any atom is 0.260 e. The monoisotopic (exact) mass is 810 g/mol. The first-order valence-corrected chi connectivity index (χ1v) is 19.8. The Morgan fingerprint density at radius 2 is 1.41 bits per heavy atom. The molecule has 2 aromatic heterocycles. The van der Waals surface area contributed by atoms with Crippen LogP contribution in [-0.2, 0) is 36.8 Å². The zero-order chi connectivity index (χ0) is 42.8. The van der Waals surface area contributed by atoms with Gasteiger partial charge in [-0.15, -0.1) is 0 Å². The third kappa shape index (κ3) is 11.6. The highest BCUT2D eigenvalue weighted by atomic mass is 16.5. The summed E-state index contributed by atoms with van der Waals surface area (Å²) in [7, 11) is 1.53. The first-order chi connectivity index (χ1) is 28.1. The molecule has 4 aromatic rings. The molecule has 5 atom stereocenters. The Morgan fingerprint density at radius 1 is 0.746 bits per heavy atom. The molecule has 59 heavy (non-hydrogen) atoms. The lowest BCUT2D eigenvalue weighted by molar-refractivity contribution is -0.135. The summed E-state index contributed by atoms with van der Waals surface area (Å²) in [6, 6.07) is 11.9. The van der Waals surface area contributed by atoms with Crippen molar-refractivity contribution in [1.29, 1.82) is 0 Å². The normalized spacial score (nSPS) is 21.5. The molecule has 6 amide bonds. The van der Waals surface area contributed by atoms with Crippen LogP contribution < -0.4 is 36.9 Å². The maximum absolute atomic E-state index is 14.4. The van der Waals surface area contributed by atoms with E-state index in [1.807, 2.05) is 52.0 Å². The third-order valence-corrected chi connectivity index (χ3v) is 10.3. The van der Waals surface area contributed by atoms with Crippen molar-refractivity contribution in [3.63, 3.8) is 0 Å². The number of methoxy groups -OCH3 is 1. The van der Waals surface area contributed by atoms with E-state index in [2.05, 4.69) is 36.6 Å². The van der Waals surface area contributed by atoms with Gasteiger partial charge in [0.2, 0.25) is 29.5 Å². The van der Waals surface area contributed by atoms with E-state index in [1.54, 1.807) is 30.5 Å². The van der Waals surface area contributed by atoms with Gasteiger partial charge in [-0.1, -0.05) is 58.0 Å². The number of amides is 6. The van der Waals surface area contributed by atoms with Gasteiger partial charge in [-0.25, -0.2) is 0 Å². The van der Waals surface area contributed by atoms with E-state index in [1.165, 1.54) is 32.4 Å². The lowest BCUT2D eigenvalue weighted by Crippen LogP contribution is -2.60. The number of benzene rings is 2. The second-order valence-electron chi connectivity index (χ2n) is 15.7. The number of pyridine rings is 1. The molecule has 1 aliphatic heterocycles. The lowest BCUT2D eigenvalue weighted by atomic mass is 9.99. The van der Waals surface area contributed by atoms with Gasteiger partial charge in [0.15, 0.2) is 0 Å². The molecule has 5 rings (SSSR count). The Balaban J connectivity index is 1.56. The van der Waals surface area contributed by atoms with Crippen LogP contribution in [0.5, 0.6) is 5.75 Å². The fraction of sp³-hybridized carbons (Fsp3) is 0.419. The predicted molar refractivity (Wildman–Crippen MR) is 221 cm³/mol. The van der Waals surface area contributed by atoms with Gasteiger partial charge in [0.1, 0.15) is 35.5 Å². The predicted octanol–water partition coefficient (Wildman–Crippen LogP) is 1.95. The SMILES string of the molecule is COc1ccc(C[C@@H]2NC(=O)[C@H](CC(C)C)NC(=O)[C@@H](Cc3c[nH]c4ccccc34)NC(=O)CN(C(=O)c3ccc[nH]c3=O)C[C@H](C(C)C)NC(=O)[C@@H](C)NC2=O)cc1. The van der Waals surface area contributed by atoms with Crippen LogP contribution in [-0.4, -0.2) is 101 Å². The molecule has 7 N–H and O–H groups in total. The van der Waals surface area contributed by atoms with Gasteiger partial charge >= 0.3 is 0 Å². The van der Waals surface area contributed by atoms with Crippen LogP contribution in [0.15, 0.2) is 77.9 Å². The van der Waals surface area contributed by atoms with Crippen LogP contribution in [0, 0.1) is 11.8 Å². The minimum atomic E-state index is -1.24. The molecule has 0 unspecified atom stereocenters. The van der Waals surface area contributed by atoms with E-state index in [9.17, 15) is 33.6 Å². The minimum absolute atomic E-state index is 0.00890. The molecule has 1 aliphatic rings. The molecule has 16 heteroatoms. The number of aromatic nitrogens is 2. The van der Waals surface area contributed by atoms with Crippen LogP contribution >= 0.6 is 0 Å². The van der Waals surface area contributed by atoms with Crippen molar-refractivity contribution < 1.29 is 33.5 Å². The van der Waals surface area contributed by atoms with Gasteiger partial charge < -0.3 is 46.2 Å².